The van der Waals surface area contributed by atoms with Gasteiger partial charge in [0.15, 0.2) is 0 Å². The Kier molecular flexibility index (Phi) is 4.68. The van der Waals surface area contributed by atoms with Gasteiger partial charge in [-0.1, -0.05) is 64.2 Å². The molecule has 1 heterocycles. The molecule has 0 radical (unpaired) electrons. The number of rotatable bonds is 6. The highest BCUT2D eigenvalue weighted by Crippen LogP contribution is 2.39. The molecule has 1 N–H and O–H groups in total. The molecule has 0 bridgehead atoms. The molecule has 0 amide bonds. The van der Waals surface area contributed by atoms with E-state index >= 15 is 0 Å². The van der Waals surface area contributed by atoms with Gasteiger partial charge in [-0.15, -0.1) is 0 Å². The Labute approximate surface area is 112 Å². The predicted molar refractivity (Wildman–Crippen MR) is 80.3 cm³/mol. The van der Waals surface area contributed by atoms with E-state index < -0.39 is 0 Å². The minimum atomic E-state index is 0.724. The van der Waals surface area contributed by atoms with Crippen molar-refractivity contribution in [3.8, 4) is 0 Å². The maximum Gasteiger partial charge on any atom is 0.0406 e. The number of fused-ring (bicyclic) bond motifs is 1. The lowest BCUT2D eigenvalue weighted by molar-refractivity contribution is 0.427. The number of benzene rings is 1. The van der Waals surface area contributed by atoms with Crippen LogP contribution in [0.1, 0.15) is 63.0 Å². The maximum atomic E-state index is 3.60. The Morgan fingerprint density at radius 2 is 2.11 bits per heavy atom. The van der Waals surface area contributed by atoms with Gasteiger partial charge in [0.25, 0.3) is 0 Å². The van der Waals surface area contributed by atoms with E-state index in [1.165, 1.54) is 43.4 Å². The second-order valence-electron chi connectivity index (χ2n) is 5.85. The first-order chi connectivity index (χ1) is 8.74. The van der Waals surface area contributed by atoms with Crippen LogP contribution in [0.4, 0.5) is 5.69 Å². The first-order valence-corrected chi connectivity index (χ1v) is 7.57. The first kappa shape index (κ1) is 13.5. The number of hydrogen-bond acceptors (Lipinski definition) is 1. The quantitative estimate of drug-likeness (QED) is 0.687. The largest absolute Gasteiger partial charge is 0.384 e. The molecule has 0 saturated heterocycles. The highest BCUT2D eigenvalue weighted by molar-refractivity contribution is 5.62. The van der Waals surface area contributed by atoms with E-state index in [0.29, 0.717) is 0 Å². The van der Waals surface area contributed by atoms with E-state index in [4.69, 9.17) is 0 Å². The lowest BCUT2D eigenvalue weighted by atomic mass is 9.85. The Bertz CT molecular complexity index is 383. The number of aryl methyl sites for hydroxylation is 1. The zero-order valence-electron chi connectivity index (χ0n) is 12.1. The molecule has 18 heavy (non-hydrogen) atoms. The molecule has 0 saturated carbocycles. The topological polar surface area (TPSA) is 12.0 Å². The minimum absolute atomic E-state index is 0.724. The number of para-hydroxylation sites is 1. The van der Waals surface area contributed by atoms with Crippen molar-refractivity contribution in [3.63, 3.8) is 0 Å². The summed E-state index contributed by atoms with van der Waals surface area (Å²) in [5.41, 5.74) is 4.36. The first-order valence-electron chi connectivity index (χ1n) is 7.57. The summed E-state index contributed by atoms with van der Waals surface area (Å²) in [6, 6.07) is 6.73. The van der Waals surface area contributed by atoms with Gasteiger partial charge in [0.05, 0.1) is 0 Å². The fourth-order valence-corrected chi connectivity index (χ4v) is 3.16. The summed E-state index contributed by atoms with van der Waals surface area (Å²) in [7, 11) is 0. The Balaban J connectivity index is 1.94. The van der Waals surface area contributed by atoms with Gasteiger partial charge in [0.1, 0.15) is 0 Å². The van der Waals surface area contributed by atoms with Crippen molar-refractivity contribution >= 4 is 5.69 Å². The summed E-state index contributed by atoms with van der Waals surface area (Å²) >= 11 is 0. The summed E-state index contributed by atoms with van der Waals surface area (Å²) in [5.74, 6) is 1.53. The summed E-state index contributed by atoms with van der Waals surface area (Å²) in [4.78, 5) is 0. The van der Waals surface area contributed by atoms with Gasteiger partial charge in [-0.2, -0.15) is 0 Å². The molecule has 1 aliphatic heterocycles. The SMILES string of the molecule is CCCCCCC(C)C1CNc2c(C)cccc21. The van der Waals surface area contributed by atoms with Gasteiger partial charge in [0.2, 0.25) is 0 Å². The van der Waals surface area contributed by atoms with Crippen molar-refractivity contribution in [2.24, 2.45) is 5.92 Å². The van der Waals surface area contributed by atoms with E-state index in [9.17, 15) is 0 Å². The molecular formula is C17H27N. The summed E-state index contributed by atoms with van der Waals surface area (Å²) in [5, 5.41) is 3.60. The summed E-state index contributed by atoms with van der Waals surface area (Å²) in [6.45, 7) is 8.05. The fraction of sp³-hybridized carbons (Fsp3) is 0.647. The summed E-state index contributed by atoms with van der Waals surface area (Å²) in [6.07, 6.45) is 6.90. The van der Waals surface area contributed by atoms with Gasteiger partial charge in [-0.25, -0.2) is 0 Å². The molecular weight excluding hydrogens is 218 g/mol. The molecule has 1 nitrogen and oxygen atoms in total. The minimum Gasteiger partial charge on any atom is -0.384 e. The van der Waals surface area contributed by atoms with E-state index in [0.717, 1.165) is 18.4 Å². The standard InChI is InChI=1S/C17H27N/c1-4-5-6-7-9-13(2)16-12-18-17-14(3)10-8-11-15(16)17/h8,10-11,13,16,18H,4-7,9,12H2,1-3H3. The summed E-state index contributed by atoms with van der Waals surface area (Å²) < 4.78 is 0. The highest BCUT2D eigenvalue weighted by Gasteiger charge is 2.27. The molecule has 2 unspecified atom stereocenters. The monoisotopic (exact) mass is 245 g/mol. The van der Waals surface area contributed by atoms with Crippen LogP contribution >= 0.6 is 0 Å². The zero-order valence-corrected chi connectivity index (χ0v) is 12.1. The molecule has 2 atom stereocenters. The average Bonchev–Trinajstić information content (AvgIpc) is 2.80. The number of hydrogen-bond donors (Lipinski definition) is 1. The molecule has 1 heteroatoms. The van der Waals surface area contributed by atoms with Crippen molar-refractivity contribution in [2.75, 3.05) is 11.9 Å². The lowest BCUT2D eigenvalue weighted by Crippen LogP contribution is -2.12. The Hall–Kier alpha value is -0.980. The van der Waals surface area contributed by atoms with E-state index in [1.54, 1.807) is 5.56 Å². The average molecular weight is 245 g/mol. The van der Waals surface area contributed by atoms with Gasteiger partial charge in [-0.3, -0.25) is 0 Å². The van der Waals surface area contributed by atoms with Crippen LogP contribution in [0.2, 0.25) is 0 Å². The van der Waals surface area contributed by atoms with Crippen LogP contribution in [0.25, 0.3) is 0 Å². The van der Waals surface area contributed by atoms with Gasteiger partial charge < -0.3 is 5.32 Å². The zero-order chi connectivity index (χ0) is 13.0. The van der Waals surface area contributed by atoms with Crippen LogP contribution < -0.4 is 5.32 Å². The lowest BCUT2D eigenvalue weighted by Gasteiger charge is -2.19. The normalized spacial score (nSPS) is 19.4. The second-order valence-corrected chi connectivity index (χ2v) is 5.85. The van der Waals surface area contributed by atoms with Gasteiger partial charge >= 0.3 is 0 Å². The third-order valence-electron chi connectivity index (χ3n) is 4.40. The molecule has 0 fully saturated rings. The highest BCUT2D eigenvalue weighted by atomic mass is 14.9. The number of anilines is 1. The molecule has 1 aromatic rings. The Morgan fingerprint density at radius 1 is 1.28 bits per heavy atom. The van der Waals surface area contributed by atoms with Gasteiger partial charge in [0, 0.05) is 18.2 Å². The third-order valence-corrected chi connectivity index (χ3v) is 4.40. The number of nitrogens with one attached hydrogen (secondary N) is 1. The van der Waals surface area contributed by atoms with Crippen molar-refractivity contribution in [2.45, 2.75) is 58.8 Å². The molecule has 0 aromatic heterocycles. The van der Waals surface area contributed by atoms with Crippen LogP contribution in [0.15, 0.2) is 18.2 Å². The molecule has 0 aliphatic carbocycles. The molecule has 100 valence electrons. The van der Waals surface area contributed by atoms with Crippen LogP contribution in [0, 0.1) is 12.8 Å². The number of unbranched alkanes of at least 4 members (excludes halogenated alkanes) is 3. The molecule has 1 aromatic carbocycles. The van der Waals surface area contributed by atoms with E-state index in [-0.39, 0.29) is 0 Å². The van der Waals surface area contributed by atoms with Crippen molar-refractivity contribution in [1.29, 1.82) is 0 Å². The van der Waals surface area contributed by atoms with E-state index in [1.807, 2.05) is 0 Å². The third kappa shape index (κ3) is 2.88. The Morgan fingerprint density at radius 3 is 2.89 bits per heavy atom. The molecule has 2 rings (SSSR count). The van der Waals surface area contributed by atoms with Crippen molar-refractivity contribution in [1.82, 2.24) is 0 Å². The second kappa shape index (κ2) is 6.26. The van der Waals surface area contributed by atoms with Crippen LogP contribution in [-0.4, -0.2) is 6.54 Å². The molecule has 0 spiro atoms. The van der Waals surface area contributed by atoms with Crippen molar-refractivity contribution in [3.05, 3.63) is 29.3 Å². The van der Waals surface area contributed by atoms with Crippen molar-refractivity contribution < 1.29 is 0 Å². The van der Waals surface area contributed by atoms with Gasteiger partial charge in [-0.05, 0) is 24.0 Å². The van der Waals surface area contributed by atoms with Crippen LogP contribution in [-0.2, 0) is 0 Å². The molecule has 1 aliphatic rings. The smallest absolute Gasteiger partial charge is 0.0406 e. The van der Waals surface area contributed by atoms with Crippen LogP contribution in [0.3, 0.4) is 0 Å². The van der Waals surface area contributed by atoms with Crippen LogP contribution in [0.5, 0.6) is 0 Å². The van der Waals surface area contributed by atoms with E-state index in [2.05, 4.69) is 44.3 Å². The fourth-order valence-electron chi connectivity index (χ4n) is 3.16. The maximum absolute atomic E-state index is 3.60. The predicted octanol–water partition coefficient (Wildman–Crippen LogP) is 5.11.